The standard InChI is InChI=1S/C13H21N3O2S/c1-3-8-16(10-11-4-5-11)19(17,18)12-6-7-13(14-2)15-9-12/h6-7,9,11H,3-5,8,10H2,1-2H3,(H,14,15). The summed E-state index contributed by atoms with van der Waals surface area (Å²) in [4.78, 5) is 4.36. The number of pyridine rings is 1. The van der Waals surface area contributed by atoms with Gasteiger partial charge in [0.25, 0.3) is 0 Å². The number of rotatable bonds is 7. The van der Waals surface area contributed by atoms with Crippen molar-refractivity contribution in [2.45, 2.75) is 31.1 Å². The molecule has 6 heteroatoms. The molecule has 0 saturated heterocycles. The van der Waals surface area contributed by atoms with Gasteiger partial charge < -0.3 is 5.32 Å². The van der Waals surface area contributed by atoms with Crippen LogP contribution in [0.5, 0.6) is 0 Å². The first-order chi connectivity index (χ1) is 9.07. The molecule has 0 amide bonds. The van der Waals surface area contributed by atoms with Gasteiger partial charge >= 0.3 is 0 Å². The summed E-state index contributed by atoms with van der Waals surface area (Å²) in [6, 6.07) is 3.30. The lowest BCUT2D eigenvalue weighted by atomic mass is 10.4. The average Bonchev–Trinajstić information content (AvgIpc) is 3.22. The van der Waals surface area contributed by atoms with E-state index in [4.69, 9.17) is 0 Å². The summed E-state index contributed by atoms with van der Waals surface area (Å²) in [6.45, 7) is 3.22. The summed E-state index contributed by atoms with van der Waals surface area (Å²) in [5, 5.41) is 2.88. The molecule has 0 bridgehead atoms. The molecule has 1 fully saturated rings. The van der Waals surface area contributed by atoms with Crippen LogP contribution >= 0.6 is 0 Å². The van der Waals surface area contributed by atoms with Crippen LogP contribution in [-0.2, 0) is 10.0 Å². The third kappa shape index (κ3) is 3.45. The Balaban J connectivity index is 2.20. The minimum atomic E-state index is -3.40. The summed E-state index contributed by atoms with van der Waals surface area (Å²) >= 11 is 0. The molecule has 1 aliphatic rings. The number of anilines is 1. The van der Waals surface area contributed by atoms with Crippen molar-refractivity contribution in [3.63, 3.8) is 0 Å². The third-order valence-corrected chi connectivity index (χ3v) is 5.11. The van der Waals surface area contributed by atoms with Crippen LogP contribution in [0.2, 0.25) is 0 Å². The second-order valence-corrected chi connectivity index (χ2v) is 6.87. The van der Waals surface area contributed by atoms with Crippen LogP contribution in [0.15, 0.2) is 23.2 Å². The molecule has 1 N–H and O–H groups in total. The molecular weight excluding hydrogens is 262 g/mol. The maximum Gasteiger partial charge on any atom is 0.244 e. The van der Waals surface area contributed by atoms with Gasteiger partial charge in [-0.3, -0.25) is 0 Å². The molecular formula is C13H21N3O2S. The second-order valence-electron chi connectivity index (χ2n) is 4.94. The molecule has 0 atom stereocenters. The van der Waals surface area contributed by atoms with Gasteiger partial charge in [0, 0.05) is 26.3 Å². The molecule has 0 radical (unpaired) electrons. The molecule has 0 aliphatic heterocycles. The van der Waals surface area contributed by atoms with E-state index in [1.807, 2.05) is 6.92 Å². The predicted octanol–water partition coefficient (Wildman–Crippen LogP) is 1.93. The Morgan fingerprint density at radius 1 is 1.42 bits per heavy atom. The first-order valence-electron chi connectivity index (χ1n) is 6.72. The first-order valence-corrected chi connectivity index (χ1v) is 8.16. The Morgan fingerprint density at radius 3 is 2.63 bits per heavy atom. The number of nitrogens with one attached hydrogen (secondary N) is 1. The van der Waals surface area contributed by atoms with Gasteiger partial charge in [0.05, 0.1) is 0 Å². The van der Waals surface area contributed by atoms with Crippen LogP contribution in [0.3, 0.4) is 0 Å². The van der Waals surface area contributed by atoms with Crippen molar-refractivity contribution in [1.29, 1.82) is 0 Å². The number of aromatic nitrogens is 1. The monoisotopic (exact) mass is 283 g/mol. The first kappa shape index (κ1) is 14.3. The van der Waals surface area contributed by atoms with Gasteiger partial charge in [0.2, 0.25) is 10.0 Å². The molecule has 1 aromatic rings. The highest BCUT2D eigenvalue weighted by Crippen LogP contribution is 2.31. The van der Waals surface area contributed by atoms with E-state index in [1.165, 1.54) is 6.20 Å². The lowest BCUT2D eigenvalue weighted by Crippen LogP contribution is -2.33. The van der Waals surface area contributed by atoms with Crippen molar-refractivity contribution in [3.05, 3.63) is 18.3 Å². The Hall–Kier alpha value is -1.14. The highest BCUT2D eigenvalue weighted by molar-refractivity contribution is 7.89. The van der Waals surface area contributed by atoms with E-state index in [-0.39, 0.29) is 4.90 Å². The van der Waals surface area contributed by atoms with Gasteiger partial charge in [0.15, 0.2) is 0 Å². The molecule has 0 spiro atoms. The van der Waals surface area contributed by atoms with Crippen LogP contribution in [-0.4, -0.2) is 37.8 Å². The minimum Gasteiger partial charge on any atom is -0.373 e. The topological polar surface area (TPSA) is 62.3 Å². The zero-order chi connectivity index (χ0) is 13.9. The van der Waals surface area contributed by atoms with Crippen molar-refractivity contribution < 1.29 is 8.42 Å². The van der Waals surface area contributed by atoms with Gasteiger partial charge in [-0.25, -0.2) is 13.4 Å². The summed E-state index contributed by atoms with van der Waals surface area (Å²) < 4.78 is 26.7. The molecule has 106 valence electrons. The molecule has 19 heavy (non-hydrogen) atoms. The number of hydrogen-bond donors (Lipinski definition) is 1. The van der Waals surface area contributed by atoms with Gasteiger partial charge in [-0.1, -0.05) is 6.92 Å². The fraction of sp³-hybridized carbons (Fsp3) is 0.615. The minimum absolute atomic E-state index is 0.278. The highest BCUT2D eigenvalue weighted by Gasteiger charge is 2.31. The van der Waals surface area contributed by atoms with Crippen LogP contribution in [0.25, 0.3) is 0 Å². The van der Waals surface area contributed by atoms with E-state index in [2.05, 4.69) is 10.3 Å². The zero-order valence-corrected chi connectivity index (χ0v) is 12.3. The molecule has 1 heterocycles. The van der Waals surface area contributed by atoms with E-state index < -0.39 is 10.0 Å². The van der Waals surface area contributed by atoms with Gasteiger partial charge in [-0.15, -0.1) is 0 Å². The maximum atomic E-state index is 12.6. The Morgan fingerprint density at radius 2 is 2.16 bits per heavy atom. The van der Waals surface area contributed by atoms with Crippen molar-refractivity contribution in [3.8, 4) is 0 Å². The van der Waals surface area contributed by atoms with Crippen LogP contribution < -0.4 is 5.32 Å². The Bertz CT molecular complexity index is 509. The van der Waals surface area contributed by atoms with E-state index in [0.29, 0.717) is 24.8 Å². The molecule has 1 aliphatic carbocycles. The normalized spacial score (nSPS) is 15.7. The molecule has 0 aromatic carbocycles. The van der Waals surface area contributed by atoms with Crippen molar-refractivity contribution in [2.24, 2.45) is 5.92 Å². The summed E-state index contributed by atoms with van der Waals surface area (Å²) in [5.41, 5.74) is 0. The average molecular weight is 283 g/mol. The lowest BCUT2D eigenvalue weighted by molar-refractivity contribution is 0.395. The van der Waals surface area contributed by atoms with Gasteiger partial charge in [-0.2, -0.15) is 4.31 Å². The second kappa shape index (κ2) is 5.88. The number of nitrogens with zero attached hydrogens (tertiary/aromatic N) is 2. The number of hydrogen-bond acceptors (Lipinski definition) is 4. The third-order valence-electron chi connectivity index (χ3n) is 3.26. The maximum absolute atomic E-state index is 12.6. The van der Waals surface area contributed by atoms with Gasteiger partial charge in [-0.05, 0) is 37.3 Å². The predicted molar refractivity (Wildman–Crippen MR) is 75.6 cm³/mol. The molecule has 5 nitrogen and oxygen atoms in total. The van der Waals surface area contributed by atoms with E-state index in [9.17, 15) is 8.42 Å². The largest absolute Gasteiger partial charge is 0.373 e. The fourth-order valence-electron chi connectivity index (χ4n) is 1.98. The molecule has 1 aromatic heterocycles. The lowest BCUT2D eigenvalue weighted by Gasteiger charge is -2.21. The van der Waals surface area contributed by atoms with Gasteiger partial charge in [0.1, 0.15) is 10.7 Å². The van der Waals surface area contributed by atoms with Crippen LogP contribution in [0.4, 0.5) is 5.82 Å². The highest BCUT2D eigenvalue weighted by atomic mass is 32.2. The molecule has 0 unspecified atom stereocenters. The van der Waals surface area contributed by atoms with E-state index >= 15 is 0 Å². The quantitative estimate of drug-likeness (QED) is 0.830. The molecule has 2 rings (SSSR count). The van der Waals surface area contributed by atoms with Crippen LogP contribution in [0, 0.1) is 5.92 Å². The van der Waals surface area contributed by atoms with E-state index in [1.54, 1.807) is 23.5 Å². The smallest absolute Gasteiger partial charge is 0.244 e. The summed E-state index contributed by atoms with van der Waals surface area (Å²) in [6.07, 6.45) is 4.55. The van der Waals surface area contributed by atoms with Crippen molar-refractivity contribution >= 4 is 15.8 Å². The van der Waals surface area contributed by atoms with Crippen molar-refractivity contribution in [1.82, 2.24) is 9.29 Å². The number of sulfonamides is 1. The summed E-state index contributed by atoms with van der Waals surface area (Å²) in [7, 11) is -1.64. The molecule has 1 saturated carbocycles. The Kier molecular flexibility index (Phi) is 4.42. The Labute approximate surface area is 115 Å². The zero-order valence-electron chi connectivity index (χ0n) is 11.5. The van der Waals surface area contributed by atoms with Crippen molar-refractivity contribution in [2.75, 3.05) is 25.5 Å². The van der Waals surface area contributed by atoms with E-state index in [0.717, 1.165) is 19.3 Å². The summed E-state index contributed by atoms with van der Waals surface area (Å²) in [5.74, 6) is 1.22. The fourth-order valence-corrected chi connectivity index (χ4v) is 3.53. The van der Waals surface area contributed by atoms with Crippen LogP contribution in [0.1, 0.15) is 26.2 Å². The SMILES string of the molecule is CCCN(CC1CC1)S(=O)(=O)c1ccc(NC)nc1.